The van der Waals surface area contributed by atoms with Crippen molar-refractivity contribution in [3.05, 3.63) is 18.0 Å². The number of nitrogens with one attached hydrogen (secondary N) is 1. The predicted octanol–water partition coefficient (Wildman–Crippen LogP) is 2.41. The van der Waals surface area contributed by atoms with Gasteiger partial charge in [0.05, 0.1) is 17.8 Å². The molecule has 1 aromatic rings. The highest BCUT2D eigenvalue weighted by atomic mass is 16.5. The van der Waals surface area contributed by atoms with Crippen LogP contribution in [0.3, 0.4) is 0 Å². The lowest BCUT2D eigenvalue weighted by Crippen LogP contribution is -2.56. The normalized spacial score (nSPS) is 20.1. The van der Waals surface area contributed by atoms with Crippen LogP contribution in [0, 0.1) is 0 Å². The maximum atomic E-state index is 6.24. The van der Waals surface area contributed by atoms with Crippen LogP contribution in [-0.4, -0.2) is 28.0 Å². The van der Waals surface area contributed by atoms with Gasteiger partial charge in [-0.1, -0.05) is 25.7 Å². The number of nitrogens with zero attached hydrogens (tertiary/aromatic N) is 2. The van der Waals surface area contributed by atoms with Crippen LogP contribution in [0.15, 0.2) is 12.4 Å². The SMILES string of the molecule is CCOC1(C(Cc2cnn(CC)c2)NN)CCCCCC1. The molecule has 2 rings (SSSR count). The van der Waals surface area contributed by atoms with Gasteiger partial charge in [-0.05, 0) is 38.7 Å². The molecular formula is C16H30N4O. The van der Waals surface area contributed by atoms with E-state index in [2.05, 4.69) is 30.6 Å². The molecule has 1 saturated carbocycles. The standard InChI is InChI=1S/C16H30N4O/c1-3-20-13-14(12-18-20)11-15(19-17)16(21-4-2)9-7-5-6-8-10-16/h12-13,15,19H,3-11,17H2,1-2H3. The number of nitrogens with two attached hydrogens (primary N) is 1. The molecule has 0 spiro atoms. The molecule has 120 valence electrons. The molecular weight excluding hydrogens is 264 g/mol. The van der Waals surface area contributed by atoms with E-state index in [9.17, 15) is 0 Å². The molecule has 0 radical (unpaired) electrons. The Morgan fingerprint density at radius 2 is 2.05 bits per heavy atom. The third-order valence-electron chi connectivity index (χ3n) is 4.67. The van der Waals surface area contributed by atoms with Gasteiger partial charge < -0.3 is 4.74 Å². The summed E-state index contributed by atoms with van der Waals surface area (Å²) in [5, 5.41) is 4.36. The van der Waals surface area contributed by atoms with Crippen molar-refractivity contribution in [3.63, 3.8) is 0 Å². The molecule has 1 unspecified atom stereocenters. The van der Waals surface area contributed by atoms with Gasteiger partial charge in [-0.15, -0.1) is 0 Å². The monoisotopic (exact) mass is 294 g/mol. The van der Waals surface area contributed by atoms with E-state index in [4.69, 9.17) is 10.6 Å². The summed E-state index contributed by atoms with van der Waals surface area (Å²) in [5.74, 6) is 5.90. The molecule has 1 aromatic heterocycles. The second-order valence-electron chi connectivity index (χ2n) is 6.04. The summed E-state index contributed by atoms with van der Waals surface area (Å²) in [5.41, 5.74) is 4.13. The Kier molecular flexibility index (Phi) is 6.21. The average Bonchev–Trinajstić information content (AvgIpc) is 2.83. The number of aromatic nitrogens is 2. The molecule has 1 heterocycles. The third-order valence-corrected chi connectivity index (χ3v) is 4.67. The van der Waals surface area contributed by atoms with Gasteiger partial charge in [-0.2, -0.15) is 5.10 Å². The molecule has 5 heteroatoms. The molecule has 0 bridgehead atoms. The summed E-state index contributed by atoms with van der Waals surface area (Å²) in [6.07, 6.45) is 12.2. The maximum absolute atomic E-state index is 6.24. The maximum Gasteiger partial charge on any atom is 0.0851 e. The van der Waals surface area contributed by atoms with Crippen LogP contribution in [0.1, 0.15) is 57.9 Å². The molecule has 21 heavy (non-hydrogen) atoms. The topological polar surface area (TPSA) is 65.1 Å². The summed E-state index contributed by atoms with van der Waals surface area (Å²) in [6, 6.07) is 0.144. The Labute approximate surface area is 128 Å². The van der Waals surface area contributed by atoms with Crippen LogP contribution in [0.5, 0.6) is 0 Å². The summed E-state index contributed by atoms with van der Waals surface area (Å²) in [7, 11) is 0. The smallest absolute Gasteiger partial charge is 0.0851 e. The Morgan fingerprint density at radius 1 is 1.33 bits per heavy atom. The van der Waals surface area contributed by atoms with Crippen molar-refractivity contribution >= 4 is 0 Å². The first kappa shape index (κ1) is 16.5. The molecule has 0 aliphatic heterocycles. The van der Waals surface area contributed by atoms with Gasteiger partial charge in [-0.25, -0.2) is 0 Å². The Bertz CT molecular complexity index is 410. The van der Waals surface area contributed by atoms with Crippen LogP contribution in [-0.2, 0) is 17.7 Å². The molecule has 1 atom stereocenters. The molecule has 3 N–H and O–H groups in total. The van der Waals surface area contributed by atoms with Gasteiger partial charge in [-0.3, -0.25) is 16.0 Å². The zero-order valence-electron chi connectivity index (χ0n) is 13.5. The zero-order chi connectivity index (χ0) is 15.1. The van der Waals surface area contributed by atoms with Gasteiger partial charge in [0.25, 0.3) is 0 Å². The van der Waals surface area contributed by atoms with Crippen LogP contribution in [0.4, 0.5) is 0 Å². The van der Waals surface area contributed by atoms with E-state index in [-0.39, 0.29) is 11.6 Å². The average molecular weight is 294 g/mol. The van der Waals surface area contributed by atoms with E-state index in [0.29, 0.717) is 0 Å². The van der Waals surface area contributed by atoms with Crippen molar-refractivity contribution in [2.24, 2.45) is 5.84 Å². The van der Waals surface area contributed by atoms with Crippen molar-refractivity contribution < 1.29 is 4.74 Å². The molecule has 1 fully saturated rings. The highest BCUT2D eigenvalue weighted by Crippen LogP contribution is 2.34. The minimum absolute atomic E-state index is 0.131. The van der Waals surface area contributed by atoms with E-state index >= 15 is 0 Å². The summed E-state index contributed by atoms with van der Waals surface area (Å²) in [6.45, 7) is 5.82. The Morgan fingerprint density at radius 3 is 2.57 bits per heavy atom. The van der Waals surface area contributed by atoms with E-state index < -0.39 is 0 Å². The Balaban J connectivity index is 2.14. The van der Waals surface area contributed by atoms with Crippen molar-refractivity contribution in [2.45, 2.75) is 77.0 Å². The number of rotatable bonds is 7. The second kappa shape index (κ2) is 7.92. The quantitative estimate of drug-likeness (QED) is 0.460. The van der Waals surface area contributed by atoms with Crippen molar-refractivity contribution in [1.29, 1.82) is 0 Å². The van der Waals surface area contributed by atoms with Crippen LogP contribution in [0.2, 0.25) is 0 Å². The largest absolute Gasteiger partial charge is 0.374 e. The number of hydrogen-bond acceptors (Lipinski definition) is 4. The molecule has 0 saturated heterocycles. The molecule has 0 amide bonds. The van der Waals surface area contributed by atoms with Gasteiger partial charge in [0, 0.05) is 19.3 Å². The summed E-state index contributed by atoms with van der Waals surface area (Å²) < 4.78 is 8.20. The lowest BCUT2D eigenvalue weighted by atomic mass is 9.83. The van der Waals surface area contributed by atoms with Crippen molar-refractivity contribution in [3.8, 4) is 0 Å². The second-order valence-corrected chi connectivity index (χ2v) is 6.04. The number of hydrazine groups is 1. The minimum atomic E-state index is -0.131. The van der Waals surface area contributed by atoms with Crippen LogP contribution in [0.25, 0.3) is 0 Å². The third kappa shape index (κ3) is 4.05. The lowest BCUT2D eigenvalue weighted by Gasteiger charge is -2.40. The van der Waals surface area contributed by atoms with E-state index in [1.165, 1.54) is 31.2 Å². The zero-order valence-corrected chi connectivity index (χ0v) is 13.5. The van der Waals surface area contributed by atoms with Gasteiger partial charge in [0.15, 0.2) is 0 Å². The molecule has 1 aliphatic rings. The summed E-state index contributed by atoms with van der Waals surface area (Å²) >= 11 is 0. The van der Waals surface area contributed by atoms with E-state index in [1.807, 2.05) is 10.9 Å². The molecule has 1 aliphatic carbocycles. The highest BCUT2D eigenvalue weighted by molar-refractivity contribution is 5.10. The van der Waals surface area contributed by atoms with Gasteiger partial charge in [0.1, 0.15) is 0 Å². The fourth-order valence-electron chi connectivity index (χ4n) is 3.53. The first-order chi connectivity index (χ1) is 10.2. The molecule has 5 nitrogen and oxygen atoms in total. The Hall–Kier alpha value is -0.910. The lowest BCUT2D eigenvalue weighted by molar-refractivity contribution is -0.0768. The summed E-state index contributed by atoms with van der Waals surface area (Å²) in [4.78, 5) is 0. The number of ether oxygens (including phenoxy) is 1. The fourth-order valence-corrected chi connectivity index (χ4v) is 3.53. The predicted molar refractivity (Wildman–Crippen MR) is 84.8 cm³/mol. The fraction of sp³-hybridized carbons (Fsp3) is 0.812. The van der Waals surface area contributed by atoms with Gasteiger partial charge in [0.2, 0.25) is 0 Å². The van der Waals surface area contributed by atoms with E-state index in [0.717, 1.165) is 32.4 Å². The number of aryl methyl sites for hydroxylation is 1. The first-order valence-corrected chi connectivity index (χ1v) is 8.35. The first-order valence-electron chi connectivity index (χ1n) is 8.35. The molecule has 0 aromatic carbocycles. The van der Waals surface area contributed by atoms with Crippen LogP contribution >= 0.6 is 0 Å². The number of hydrogen-bond donors (Lipinski definition) is 2. The van der Waals surface area contributed by atoms with Crippen LogP contribution < -0.4 is 11.3 Å². The van der Waals surface area contributed by atoms with Gasteiger partial charge >= 0.3 is 0 Å². The minimum Gasteiger partial charge on any atom is -0.374 e. The van der Waals surface area contributed by atoms with Crippen molar-refractivity contribution in [1.82, 2.24) is 15.2 Å². The van der Waals surface area contributed by atoms with E-state index in [1.54, 1.807) is 0 Å². The highest BCUT2D eigenvalue weighted by Gasteiger charge is 2.39. The van der Waals surface area contributed by atoms with Crippen molar-refractivity contribution in [2.75, 3.05) is 6.61 Å².